The van der Waals surface area contributed by atoms with Crippen LogP contribution in [-0.4, -0.2) is 22.7 Å². The highest BCUT2D eigenvalue weighted by Gasteiger charge is 2.27. The summed E-state index contributed by atoms with van der Waals surface area (Å²) in [5.74, 6) is 3.05. The predicted octanol–water partition coefficient (Wildman–Crippen LogP) is 3.40. The minimum Gasteiger partial charge on any atom is -0.339 e. The first kappa shape index (κ1) is 16.2. The molecule has 0 aliphatic rings. The lowest BCUT2D eigenvalue weighted by Crippen LogP contribution is -2.34. The molecule has 0 radical (unpaired) electrons. The minimum atomic E-state index is 0.278. The molecule has 0 fully saturated rings. The molecule has 1 aromatic heterocycles. The lowest BCUT2D eigenvalue weighted by atomic mass is 9.89. The monoisotopic (exact) mass is 267 g/mol. The van der Waals surface area contributed by atoms with E-state index in [9.17, 15) is 0 Å². The highest BCUT2D eigenvalue weighted by Crippen LogP contribution is 2.26. The zero-order chi connectivity index (χ0) is 14.4. The van der Waals surface area contributed by atoms with E-state index in [0.717, 1.165) is 31.1 Å². The van der Waals surface area contributed by atoms with Crippen LogP contribution in [-0.2, 0) is 6.42 Å². The molecule has 0 saturated heterocycles. The first-order valence-electron chi connectivity index (χ1n) is 7.51. The molecular weight excluding hydrogens is 238 g/mol. The van der Waals surface area contributed by atoms with Crippen molar-refractivity contribution >= 4 is 0 Å². The van der Waals surface area contributed by atoms with Gasteiger partial charge >= 0.3 is 0 Å². The summed E-state index contributed by atoms with van der Waals surface area (Å²) in [6.45, 7) is 14.1. The van der Waals surface area contributed by atoms with E-state index >= 15 is 0 Å². The molecule has 0 spiro atoms. The van der Waals surface area contributed by atoms with Gasteiger partial charge in [0.25, 0.3) is 0 Å². The zero-order valence-electron chi connectivity index (χ0n) is 13.2. The first-order valence-corrected chi connectivity index (χ1v) is 7.51. The number of likely N-dealkylation sites (N-methyl/N-ethyl adjacent to an activating group) is 1. The molecule has 0 saturated carbocycles. The molecule has 1 heterocycles. The Labute approximate surface area is 117 Å². The van der Waals surface area contributed by atoms with Crippen LogP contribution < -0.4 is 5.32 Å². The summed E-state index contributed by atoms with van der Waals surface area (Å²) < 4.78 is 5.49. The van der Waals surface area contributed by atoms with E-state index in [0.29, 0.717) is 17.9 Å². The van der Waals surface area contributed by atoms with Crippen LogP contribution in [0.3, 0.4) is 0 Å². The molecule has 0 amide bonds. The zero-order valence-corrected chi connectivity index (χ0v) is 13.2. The number of rotatable bonds is 8. The maximum absolute atomic E-state index is 5.49. The smallest absolute Gasteiger partial charge is 0.231 e. The van der Waals surface area contributed by atoms with Crippen molar-refractivity contribution in [2.24, 2.45) is 11.8 Å². The Morgan fingerprint density at radius 3 is 2.37 bits per heavy atom. The molecule has 1 aromatic rings. The van der Waals surface area contributed by atoms with Crippen molar-refractivity contribution in [2.75, 3.05) is 6.54 Å². The van der Waals surface area contributed by atoms with Gasteiger partial charge in [-0.1, -0.05) is 39.8 Å². The van der Waals surface area contributed by atoms with E-state index in [2.05, 4.69) is 57.0 Å². The summed E-state index contributed by atoms with van der Waals surface area (Å²) in [6.07, 6.45) is 2.01. The van der Waals surface area contributed by atoms with Crippen LogP contribution in [0.4, 0.5) is 0 Å². The van der Waals surface area contributed by atoms with Crippen LogP contribution in [0.25, 0.3) is 0 Å². The van der Waals surface area contributed by atoms with Gasteiger partial charge in [0.05, 0.1) is 5.92 Å². The third-order valence-corrected chi connectivity index (χ3v) is 3.50. The average molecular weight is 267 g/mol. The van der Waals surface area contributed by atoms with Crippen molar-refractivity contribution in [3.8, 4) is 0 Å². The molecule has 4 nitrogen and oxygen atoms in total. The van der Waals surface area contributed by atoms with Gasteiger partial charge in [0, 0.05) is 12.5 Å². The molecule has 0 aromatic carbocycles. The van der Waals surface area contributed by atoms with Crippen molar-refractivity contribution in [3.05, 3.63) is 11.7 Å². The van der Waals surface area contributed by atoms with Crippen LogP contribution >= 0.6 is 0 Å². The maximum atomic E-state index is 5.49. The number of hydrogen-bond donors (Lipinski definition) is 1. The molecule has 19 heavy (non-hydrogen) atoms. The molecule has 110 valence electrons. The summed E-state index contributed by atoms with van der Waals surface area (Å²) >= 11 is 0. The van der Waals surface area contributed by atoms with E-state index in [-0.39, 0.29) is 5.92 Å². The normalized spacial score (nSPS) is 15.2. The molecule has 4 heteroatoms. The number of hydrogen-bond acceptors (Lipinski definition) is 4. The van der Waals surface area contributed by atoms with Crippen molar-refractivity contribution in [3.63, 3.8) is 0 Å². The SMILES string of the molecule is CCNC(C)C(c1nc(CCC(C)C)no1)C(C)C. The Bertz CT molecular complexity index is 360. The van der Waals surface area contributed by atoms with Gasteiger partial charge < -0.3 is 9.84 Å². The van der Waals surface area contributed by atoms with Crippen molar-refractivity contribution in [1.82, 2.24) is 15.5 Å². The second-order valence-electron chi connectivity index (χ2n) is 6.10. The van der Waals surface area contributed by atoms with E-state index in [4.69, 9.17) is 4.52 Å². The fourth-order valence-electron chi connectivity index (χ4n) is 2.45. The van der Waals surface area contributed by atoms with Gasteiger partial charge in [-0.3, -0.25) is 0 Å². The Kier molecular flexibility index (Phi) is 6.49. The van der Waals surface area contributed by atoms with E-state index in [1.165, 1.54) is 0 Å². The topological polar surface area (TPSA) is 51.0 Å². The van der Waals surface area contributed by atoms with Crippen molar-refractivity contribution < 1.29 is 4.52 Å². The van der Waals surface area contributed by atoms with Gasteiger partial charge in [0.2, 0.25) is 5.89 Å². The van der Waals surface area contributed by atoms with E-state index in [1.54, 1.807) is 0 Å². The largest absolute Gasteiger partial charge is 0.339 e. The van der Waals surface area contributed by atoms with Crippen LogP contribution in [0.15, 0.2) is 4.52 Å². The van der Waals surface area contributed by atoms with E-state index < -0.39 is 0 Å². The summed E-state index contributed by atoms with van der Waals surface area (Å²) in [6, 6.07) is 0.350. The third-order valence-electron chi connectivity index (χ3n) is 3.50. The van der Waals surface area contributed by atoms with Crippen molar-refractivity contribution in [1.29, 1.82) is 0 Å². The van der Waals surface area contributed by atoms with Gasteiger partial charge in [-0.15, -0.1) is 0 Å². The fraction of sp³-hybridized carbons (Fsp3) is 0.867. The Balaban J connectivity index is 2.74. The van der Waals surface area contributed by atoms with Crippen LogP contribution in [0.2, 0.25) is 0 Å². The standard InChI is InChI=1S/C15H29N3O/c1-7-16-12(6)14(11(4)5)15-17-13(18-19-15)9-8-10(2)3/h10-12,14,16H,7-9H2,1-6H3. The van der Waals surface area contributed by atoms with Gasteiger partial charge in [-0.2, -0.15) is 4.98 Å². The van der Waals surface area contributed by atoms with E-state index in [1.807, 2.05) is 0 Å². The van der Waals surface area contributed by atoms with Gasteiger partial charge in [0.15, 0.2) is 5.82 Å². The molecule has 0 aliphatic carbocycles. The number of aromatic nitrogens is 2. The summed E-state index contributed by atoms with van der Waals surface area (Å²) in [4.78, 5) is 4.59. The second kappa shape index (κ2) is 7.63. The molecular formula is C15H29N3O. The minimum absolute atomic E-state index is 0.278. The summed E-state index contributed by atoms with van der Waals surface area (Å²) in [5, 5.41) is 7.58. The first-order chi connectivity index (χ1) is 8.95. The summed E-state index contributed by atoms with van der Waals surface area (Å²) in [5.41, 5.74) is 0. The molecule has 0 aliphatic heterocycles. The Morgan fingerprint density at radius 2 is 1.84 bits per heavy atom. The van der Waals surface area contributed by atoms with Crippen LogP contribution in [0.1, 0.15) is 65.6 Å². The molecule has 0 bridgehead atoms. The van der Waals surface area contributed by atoms with Gasteiger partial charge in [0.1, 0.15) is 0 Å². The van der Waals surface area contributed by atoms with Crippen molar-refractivity contribution in [2.45, 2.75) is 66.3 Å². The number of nitrogens with one attached hydrogen (secondary N) is 1. The lowest BCUT2D eigenvalue weighted by Gasteiger charge is -2.24. The molecule has 2 atom stereocenters. The average Bonchev–Trinajstić information content (AvgIpc) is 2.75. The highest BCUT2D eigenvalue weighted by molar-refractivity contribution is 5.00. The van der Waals surface area contributed by atoms with Gasteiger partial charge in [-0.05, 0) is 31.7 Å². The highest BCUT2D eigenvalue weighted by atomic mass is 16.5. The Morgan fingerprint density at radius 1 is 1.16 bits per heavy atom. The quantitative estimate of drug-likeness (QED) is 0.784. The number of aryl methyl sites for hydroxylation is 1. The van der Waals surface area contributed by atoms with Crippen LogP contribution in [0.5, 0.6) is 0 Å². The fourth-order valence-corrected chi connectivity index (χ4v) is 2.45. The molecule has 1 rings (SSSR count). The molecule has 1 N–H and O–H groups in total. The van der Waals surface area contributed by atoms with Crippen LogP contribution in [0, 0.1) is 11.8 Å². The maximum Gasteiger partial charge on any atom is 0.231 e. The third kappa shape index (κ3) is 4.94. The van der Waals surface area contributed by atoms with Gasteiger partial charge in [-0.25, -0.2) is 0 Å². The lowest BCUT2D eigenvalue weighted by molar-refractivity contribution is 0.280. The Hall–Kier alpha value is -0.900. The second-order valence-corrected chi connectivity index (χ2v) is 6.10. The summed E-state index contributed by atoms with van der Waals surface area (Å²) in [7, 11) is 0. The molecule has 2 unspecified atom stereocenters. The number of nitrogens with zero attached hydrogens (tertiary/aromatic N) is 2. The predicted molar refractivity (Wildman–Crippen MR) is 78.2 cm³/mol.